The highest BCUT2D eigenvalue weighted by molar-refractivity contribution is 6.04. The van der Waals surface area contributed by atoms with Gasteiger partial charge in [0.05, 0.1) is 29.8 Å². The Bertz CT molecular complexity index is 1250. The number of pyridine rings is 1. The van der Waals surface area contributed by atoms with E-state index in [4.69, 9.17) is 4.74 Å². The highest BCUT2D eigenvalue weighted by Crippen LogP contribution is 2.45. The number of aromatic nitrogens is 3. The van der Waals surface area contributed by atoms with Gasteiger partial charge in [-0.25, -0.2) is 4.68 Å². The molecule has 1 amide bonds. The number of anilines is 1. The van der Waals surface area contributed by atoms with Gasteiger partial charge in [-0.2, -0.15) is 15.1 Å². The molecule has 1 aliphatic rings. The largest absolute Gasteiger partial charge is 0.618 e. The summed E-state index contributed by atoms with van der Waals surface area (Å²) in [5, 5.41) is 41.0. The highest BCUT2D eigenvalue weighted by atomic mass is 16.5. The number of nitriles is 1. The van der Waals surface area contributed by atoms with Crippen LogP contribution in [-0.2, 0) is 5.72 Å². The Labute approximate surface area is 191 Å². The monoisotopic (exact) mass is 449 g/mol. The molecule has 4 rings (SSSR count). The summed E-state index contributed by atoms with van der Waals surface area (Å²) in [5.41, 5.74) is -0.201. The molecule has 0 unspecified atom stereocenters. The summed E-state index contributed by atoms with van der Waals surface area (Å²) < 4.78 is 7.56. The minimum absolute atomic E-state index is 0.0266. The molecule has 9 heteroatoms. The van der Waals surface area contributed by atoms with Crippen LogP contribution in [0.3, 0.4) is 0 Å². The molecule has 0 atom stereocenters. The van der Waals surface area contributed by atoms with Crippen molar-refractivity contribution in [1.29, 1.82) is 5.26 Å². The van der Waals surface area contributed by atoms with Crippen LogP contribution in [0.15, 0.2) is 36.5 Å². The molecule has 2 aromatic heterocycles. The van der Waals surface area contributed by atoms with Crippen LogP contribution in [0.1, 0.15) is 55.2 Å². The van der Waals surface area contributed by atoms with Crippen molar-refractivity contribution in [2.45, 2.75) is 51.7 Å². The Morgan fingerprint density at radius 2 is 2.09 bits per heavy atom. The zero-order valence-corrected chi connectivity index (χ0v) is 19.0. The molecule has 2 heterocycles. The van der Waals surface area contributed by atoms with Crippen LogP contribution < -0.4 is 14.8 Å². The molecular formula is C24H27N5O4. The molecule has 172 valence electrons. The quantitative estimate of drug-likeness (QED) is 0.454. The maximum absolute atomic E-state index is 12.7. The average Bonchev–Trinajstić information content (AvgIpc) is 3.25. The molecule has 1 fully saturated rings. The van der Waals surface area contributed by atoms with Gasteiger partial charge in [-0.3, -0.25) is 4.79 Å². The van der Waals surface area contributed by atoms with E-state index in [1.807, 2.05) is 6.92 Å². The number of nitrogens with zero attached hydrogens (tertiary/aromatic N) is 4. The van der Waals surface area contributed by atoms with E-state index in [1.165, 1.54) is 13.2 Å². The van der Waals surface area contributed by atoms with Crippen molar-refractivity contribution in [2.24, 2.45) is 5.41 Å². The summed E-state index contributed by atoms with van der Waals surface area (Å²) in [4.78, 5) is 12.7. The molecule has 0 aliphatic heterocycles. The van der Waals surface area contributed by atoms with Crippen molar-refractivity contribution in [3.8, 4) is 11.8 Å². The maximum Gasteiger partial charge on any atom is 0.321 e. The van der Waals surface area contributed by atoms with E-state index in [0.717, 1.165) is 6.42 Å². The Kier molecular flexibility index (Phi) is 5.72. The summed E-state index contributed by atoms with van der Waals surface area (Å²) >= 11 is 0. The fourth-order valence-corrected chi connectivity index (χ4v) is 4.39. The zero-order valence-electron chi connectivity index (χ0n) is 19.0. The number of aliphatic hydroxyl groups is 1. The lowest BCUT2D eigenvalue weighted by molar-refractivity contribution is -0.614. The van der Waals surface area contributed by atoms with Gasteiger partial charge in [0.15, 0.2) is 11.4 Å². The number of nitrogens with one attached hydrogen (secondary N) is 1. The van der Waals surface area contributed by atoms with Crippen LogP contribution in [0.25, 0.3) is 10.9 Å². The third kappa shape index (κ3) is 3.98. The number of rotatable bonds is 5. The molecule has 0 saturated heterocycles. The second kappa shape index (κ2) is 8.37. The fraction of sp³-hybridized carbons (Fsp3) is 0.417. The van der Waals surface area contributed by atoms with Crippen LogP contribution in [0, 0.1) is 28.9 Å². The second-order valence-electron chi connectivity index (χ2n) is 8.71. The SMILES string of the molecule is CCC1(C#N)CCC(O)(n2cc3cc(NC(=O)c4cccc(C)[n+]4[O-])c(OC)cc3n2)CC1. The topological polar surface area (TPSA) is 127 Å². The van der Waals surface area contributed by atoms with Gasteiger partial charge in [-0.1, -0.05) is 6.92 Å². The minimum atomic E-state index is -1.18. The molecule has 0 bridgehead atoms. The van der Waals surface area contributed by atoms with Crippen molar-refractivity contribution in [1.82, 2.24) is 9.78 Å². The van der Waals surface area contributed by atoms with Gasteiger partial charge in [0.2, 0.25) is 0 Å². The first-order valence-corrected chi connectivity index (χ1v) is 11.0. The van der Waals surface area contributed by atoms with E-state index in [1.54, 1.807) is 42.1 Å². The summed E-state index contributed by atoms with van der Waals surface area (Å²) in [6, 6.07) is 10.5. The standard InChI is InChI=1S/C24H27N5O4/c1-4-23(15-25)8-10-24(31,11-9-23)28-14-17-12-19(21(33-3)13-18(17)27-28)26-22(30)20-7-5-6-16(2)29(20)32/h5-7,12-14,31H,4,8-11H2,1-3H3,(H,26,30). The van der Waals surface area contributed by atoms with Crippen LogP contribution in [-0.4, -0.2) is 27.9 Å². The summed E-state index contributed by atoms with van der Waals surface area (Å²) in [5.74, 6) is -0.173. The lowest BCUT2D eigenvalue weighted by Crippen LogP contribution is -2.41. The number of amides is 1. The zero-order chi connectivity index (χ0) is 23.8. The lowest BCUT2D eigenvalue weighted by Gasteiger charge is -2.39. The molecule has 1 aliphatic carbocycles. The number of hydrogen-bond acceptors (Lipinski definition) is 6. The molecule has 2 N–H and O–H groups in total. The Morgan fingerprint density at radius 3 is 2.73 bits per heavy atom. The molecule has 9 nitrogen and oxygen atoms in total. The Morgan fingerprint density at radius 1 is 1.36 bits per heavy atom. The molecule has 0 spiro atoms. The number of methoxy groups -OCH3 is 1. The van der Waals surface area contributed by atoms with E-state index in [-0.39, 0.29) is 5.69 Å². The number of benzene rings is 1. The van der Waals surface area contributed by atoms with Crippen molar-refractivity contribution in [3.05, 3.63) is 53.1 Å². The first-order chi connectivity index (χ1) is 15.7. The predicted octanol–water partition coefficient (Wildman–Crippen LogP) is 3.38. The molecule has 3 aromatic rings. The van der Waals surface area contributed by atoms with Crippen molar-refractivity contribution in [2.75, 3.05) is 12.4 Å². The highest BCUT2D eigenvalue weighted by Gasteiger charge is 2.42. The first kappa shape index (κ1) is 22.6. The van der Waals surface area contributed by atoms with Gasteiger partial charge in [0.1, 0.15) is 5.75 Å². The van der Waals surface area contributed by atoms with Gasteiger partial charge in [0.25, 0.3) is 5.69 Å². The molecule has 1 aromatic carbocycles. The van der Waals surface area contributed by atoms with Crippen LogP contribution >= 0.6 is 0 Å². The van der Waals surface area contributed by atoms with Crippen LogP contribution in [0.5, 0.6) is 5.75 Å². The van der Waals surface area contributed by atoms with E-state index in [0.29, 0.717) is 58.4 Å². The van der Waals surface area contributed by atoms with E-state index >= 15 is 0 Å². The molecule has 33 heavy (non-hydrogen) atoms. The van der Waals surface area contributed by atoms with Crippen molar-refractivity contribution in [3.63, 3.8) is 0 Å². The average molecular weight is 450 g/mol. The van der Waals surface area contributed by atoms with Gasteiger partial charge >= 0.3 is 5.91 Å². The Balaban J connectivity index is 1.64. The number of carbonyl (C=O) groups is 1. The summed E-state index contributed by atoms with van der Waals surface area (Å²) in [6.07, 6.45) is 4.55. The maximum atomic E-state index is 12.7. The number of ether oxygens (including phenoxy) is 1. The predicted molar refractivity (Wildman–Crippen MR) is 121 cm³/mol. The van der Waals surface area contributed by atoms with E-state index < -0.39 is 17.0 Å². The summed E-state index contributed by atoms with van der Waals surface area (Å²) in [6.45, 7) is 3.63. The van der Waals surface area contributed by atoms with Crippen molar-refractivity contribution < 1.29 is 19.4 Å². The third-order valence-corrected chi connectivity index (χ3v) is 6.79. The van der Waals surface area contributed by atoms with Gasteiger partial charge in [0, 0.05) is 36.7 Å². The first-order valence-electron chi connectivity index (χ1n) is 11.0. The van der Waals surface area contributed by atoms with Crippen molar-refractivity contribution >= 4 is 22.5 Å². The van der Waals surface area contributed by atoms with Gasteiger partial charge in [-0.05, 0) is 44.2 Å². The molecule has 1 saturated carbocycles. The lowest BCUT2D eigenvalue weighted by atomic mass is 9.70. The van der Waals surface area contributed by atoms with Crippen LogP contribution in [0.2, 0.25) is 0 Å². The van der Waals surface area contributed by atoms with Crippen LogP contribution in [0.4, 0.5) is 5.69 Å². The van der Waals surface area contributed by atoms with Gasteiger partial charge in [-0.15, -0.1) is 0 Å². The molecule has 0 radical (unpaired) electrons. The number of fused-ring (bicyclic) bond motifs is 1. The third-order valence-electron chi connectivity index (χ3n) is 6.79. The summed E-state index contributed by atoms with van der Waals surface area (Å²) in [7, 11) is 1.48. The minimum Gasteiger partial charge on any atom is -0.618 e. The van der Waals surface area contributed by atoms with Gasteiger partial charge < -0.3 is 20.4 Å². The fourth-order valence-electron chi connectivity index (χ4n) is 4.39. The Hall–Kier alpha value is -3.64. The number of carbonyl (C=O) groups excluding carboxylic acids is 1. The normalized spacial score (nSPS) is 22.6. The second-order valence-corrected chi connectivity index (χ2v) is 8.71. The molecular weight excluding hydrogens is 422 g/mol. The number of aryl methyl sites for hydroxylation is 1. The van der Waals surface area contributed by atoms with E-state index in [9.17, 15) is 20.4 Å². The van der Waals surface area contributed by atoms with E-state index in [2.05, 4.69) is 16.5 Å². The number of hydrogen-bond donors (Lipinski definition) is 2. The smallest absolute Gasteiger partial charge is 0.321 e.